The fourth-order valence-corrected chi connectivity index (χ4v) is 3.83. The summed E-state index contributed by atoms with van der Waals surface area (Å²) in [5, 5.41) is 12.5. The maximum Gasteiger partial charge on any atom is 0.179 e. The van der Waals surface area contributed by atoms with E-state index in [1.165, 1.54) is 0 Å². The summed E-state index contributed by atoms with van der Waals surface area (Å²) in [5.74, 6) is -0.110. The number of benzene rings is 2. The third kappa shape index (κ3) is 3.67. The van der Waals surface area contributed by atoms with E-state index in [0.717, 1.165) is 22.5 Å². The van der Waals surface area contributed by atoms with Gasteiger partial charge in [-0.15, -0.1) is 11.3 Å². The molecule has 3 aromatic rings. The molecule has 1 aliphatic heterocycles. The molecule has 0 radical (unpaired) electrons. The van der Waals surface area contributed by atoms with Crippen LogP contribution in [0.3, 0.4) is 0 Å². The van der Waals surface area contributed by atoms with Crippen molar-refractivity contribution in [3.8, 4) is 22.8 Å². The Morgan fingerprint density at radius 2 is 1.93 bits per heavy atom. The number of aromatic carboxylic acids is 1. The number of thiazole rings is 1. The van der Waals surface area contributed by atoms with Crippen LogP contribution in [0.2, 0.25) is 5.02 Å². The lowest BCUT2D eigenvalue weighted by atomic mass is 10.1. The zero-order valence-corrected chi connectivity index (χ0v) is 15.5. The number of aromatic nitrogens is 1. The molecule has 136 valence electrons. The van der Waals surface area contributed by atoms with Gasteiger partial charge in [-0.3, -0.25) is 0 Å². The molecule has 4 rings (SSSR count). The van der Waals surface area contributed by atoms with Gasteiger partial charge in [-0.05, 0) is 23.8 Å². The summed E-state index contributed by atoms with van der Waals surface area (Å²) in [6.07, 6.45) is 3.54. The van der Waals surface area contributed by atoms with Gasteiger partial charge in [0, 0.05) is 5.56 Å². The summed E-state index contributed by atoms with van der Waals surface area (Å²) < 4.78 is 11.1. The van der Waals surface area contributed by atoms with Crippen LogP contribution in [0.15, 0.2) is 42.5 Å². The fraction of sp³-hybridized carbons (Fsp3) is 0.100. The lowest BCUT2D eigenvalue weighted by Gasteiger charge is -2.19. The summed E-state index contributed by atoms with van der Waals surface area (Å²) in [5.41, 5.74) is 1.94. The molecule has 0 spiro atoms. The number of hydrogen-bond donors (Lipinski definition) is 0. The number of ether oxygens (including phenoxy) is 2. The number of carboxylic acid groups (broad SMARTS) is 1. The number of carboxylic acids is 1. The van der Waals surface area contributed by atoms with Crippen molar-refractivity contribution in [2.45, 2.75) is 0 Å². The SMILES string of the molecule is O=C([O-])c1sc(/C=C/c2cc(Cl)c3c(c2)OCCO3)nc1-c1ccccc1. The van der Waals surface area contributed by atoms with Crippen molar-refractivity contribution in [1.82, 2.24) is 4.98 Å². The largest absolute Gasteiger partial charge is 0.544 e. The first-order valence-corrected chi connectivity index (χ1v) is 9.36. The second-order valence-electron chi connectivity index (χ2n) is 5.74. The van der Waals surface area contributed by atoms with E-state index in [4.69, 9.17) is 21.1 Å². The highest BCUT2D eigenvalue weighted by atomic mass is 35.5. The van der Waals surface area contributed by atoms with Crippen molar-refractivity contribution in [3.63, 3.8) is 0 Å². The normalized spacial score (nSPS) is 13.1. The summed E-state index contributed by atoms with van der Waals surface area (Å²) in [4.78, 5) is 16.0. The zero-order chi connectivity index (χ0) is 18.8. The van der Waals surface area contributed by atoms with Gasteiger partial charge < -0.3 is 19.4 Å². The maximum absolute atomic E-state index is 11.5. The Morgan fingerprint density at radius 1 is 1.15 bits per heavy atom. The highest BCUT2D eigenvalue weighted by Gasteiger charge is 2.16. The molecule has 0 unspecified atom stereocenters. The van der Waals surface area contributed by atoms with Gasteiger partial charge in [-0.2, -0.15) is 0 Å². The van der Waals surface area contributed by atoms with E-state index in [1.54, 1.807) is 18.2 Å². The van der Waals surface area contributed by atoms with Crippen molar-refractivity contribution in [1.29, 1.82) is 0 Å². The van der Waals surface area contributed by atoms with Crippen LogP contribution in [0.5, 0.6) is 11.5 Å². The average Bonchev–Trinajstić information content (AvgIpc) is 3.12. The van der Waals surface area contributed by atoms with Crippen molar-refractivity contribution in [3.05, 3.63) is 62.9 Å². The Morgan fingerprint density at radius 3 is 2.70 bits per heavy atom. The van der Waals surface area contributed by atoms with Crippen LogP contribution in [0, 0.1) is 0 Å². The minimum atomic E-state index is -1.24. The lowest BCUT2D eigenvalue weighted by Crippen LogP contribution is -2.21. The molecule has 0 saturated heterocycles. The van der Waals surface area contributed by atoms with Gasteiger partial charge in [-0.1, -0.05) is 48.0 Å². The maximum atomic E-state index is 11.5. The van der Waals surface area contributed by atoms with E-state index in [-0.39, 0.29) is 4.88 Å². The van der Waals surface area contributed by atoms with E-state index in [9.17, 15) is 9.90 Å². The number of fused-ring (bicyclic) bond motifs is 1. The van der Waals surface area contributed by atoms with Gasteiger partial charge in [-0.25, -0.2) is 4.98 Å². The van der Waals surface area contributed by atoms with Crippen LogP contribution < -0.4 is 14.6 Å². The molecule has 1 aromatic heterocycles. The van der Waals surface area contributed by atoms with Crippen LogP contribution >= 0.6 is 22.9 Å². The van der Waals surface area contributed by atoms with Gasteiger partial charge in [0.1, 0.15) is 18.2 Å². The molecular weight excluding hydrogens is 386 g/mol. The second-order valence-corrected chi connectivity index (χ2v) is 7.18. The van der Waals surface area contributed by atoms with E-state index in [2.05, 4.69) is 4.98 Å². The smallest absolute Gasteiger partial charge is 0.179 e. The molecule has 27 heavy (non-hydrogen) atoms. The summed E-state index contributed by atoms with van der Waals surface area (Å²) in [7, 11) is 0. The third-order valence-electron chi connectivity index (χ3n) is 3.91. The molecule has 2 heterocycles. The van der Waals surface area contributed by atoms with Crippen molar-refractivity contribution in [2.24, 2.45) is 0 Å². The third-order valence-corrected chi connectivity index (χ3v) is 5.20. The minimum absolute atomic E-state index is 0.0982. The monoisotopic (exact) mass is 398 g/mol. The van der Waals surface area contributed by atoms with Crippen LogP contribution in [-0.4, -0.2) is 24.2 Å². The standard InChI is InChI=1S/C20H14ClNO4S/c21-14-10-12(11-15-18(14)26-9-8-25-15)6-7-16-22-17(19(27-16)20(23)24)13-4-2-1-3-5-13/h1-7,10-11H,8-9H2,(H,23,24)/p-1/b7-6+. The number of carbonyl (C=O) groups is 1. The molecule has 0 saturated carbocycles. The van der Waals surface area contributed by atoms with Crippen LogP contribution in [0.1, 0.15) is 20.2 Å². The Bertz CT molecular complexity index is 1030. The highest BCUT2D eigenvalue weighted by molar-refractivity contribution is 7.14. The van der Waals surface area contributed by atoms with Gasteiger partial charge >= 0.3 is 0 Å². The molecule has 2 aromatic carbocycles. The molecule has 0 fully saturated rings. The Labute approximate surface area is 164 Å². The molecule has 1 aliphatic rings. The van der Waals surface area contributed by atoms with E-state index < -0.39 is 5.97 Å². The lowest BCUT2D eigenvalue weighted by molar-refractivity contribution is -0.254. The van der Waals surface area contributed by atoms with E-state index >= 15 is 0 Å². The highest BCUT2D eigenvalue weighted by Crippen LogP contribution is 2.39. The van der Waals surface area contributed by atoms with Gasteiger partial charge in [0.15, 0.2) is 11.5 Å². The van der Waals surface area contributed by atoms with Crippen molar-refractivity contribution in [2.75, 3.05) is 13.2 Å². The molecular formula is C20H13ClNO4S-. The van der Waals surface area contributed by atoms with Crippen LogP contribution in [0.4, 0.5) is 0 Å². The molecule has 0 N–H and O–H groups in total. The van der Waals surface area contributed by atoms with Crippen LogP contribution in [-0.2, 0) is 0 Å². The number of nitrogens with zero attached hydrogens (tertiary/aromatic N) is 1. The number of carbonyl (C=O) groups excluding carboxylic acids is 1. The molecule has 0 aliphatic carbocycles. The fourth-order valence-electron chi connectivity index (χ4n) is 2.73. The minimum Gasteiger partial charge on any atom is -0.544 e. The summed E-state index contributed by atoms with van der Waals surface area (Å²) in [6.45, 7) is 0.938. The predicted molar refractivity (Wildman–Crippen MR) is 103 cm³/mol. The molecule has 5 nitrogen and oxygen atoms in total. The molecule has 0 amide bonds. The molecule has 0 atom stereocenters. The topological polar surface area (TPSA) is 71.5 Å². The van der Waals surface area contributed by atoms with Crippen LogP contribution in [0.25, 0.3) is 23.4 Å². The zero-order valence-electron chi connectivity index (χ0n) is 14.0. The number of rotatable bonds is 4. The quantitative estimate of drug-likeness (QED) is 0.669. The predicted octanol–water partition coefficient (Wildman–Crippen LogP) is 3.77. The Balaban J connectivity index is 1.67. The first-order valence-electron chi connectivity index (χ1n) is 8.16. The second kappa shape index (κ2) is 7.42. The Kier molecular flexibility index (Phi) is 4.83. The summed E-state index contributed by atoms with van der Waals surface area (Å²) in [6, 6.07) is 12.7. The van der Waals surface area contributed by atoms with E-state index in [0.29, 0.717) is 40.4 Å². The van der Waals surface area contributed by atoms with Crippen molar-refractivity contribution < 1.29 is 19.4 Å². The van der Waals surface area contributed by atoms with Gasteiger partial charge in [0.05, 0.1) is 21.6 Å². The average molecular weight is 399 g/mol. The molecule has 7 heteroatoms. The molecule has 0 bridgehead atoms. The number of hydrogen-bond acceptors (Lipinski definition) is 6. The Hall–Kier alpha value is -2.83. The summed E-state index contributed by atoms with van der Waals surface area (Å²) >= 11 is 7.31. The number of halogens is 1. The van der Waals surface area contributed by atoms with Gasteiger partial charge in [0.2, 0.25) is 0 Å². The van der Waals surface area contributed by atoms with E-state index in [1.807, 2.05) is 36.4 Å². The van der Waals surface area contributed by atoms with Crippen molar-refractivity contribution >= 4 is 41.1 Å². The first-order chi connectivity index (χ1) is 13.1. The van der Waals surface area contributed by atoms with Gasteiger partial charge in [0.25, 0.3) is 0 Å². The first kappa shape index (κ1) is 17.6.